The minimum absolute atomic E-state index is 0.140. The summed E-state index contributed by atoms with van der Waals surface area (Å²) in [6.07, 6.45) is 3.45. The molecule has 0 saturated heterocycles. The van der Waals surface area contributed by atoms with E-state index in [2.05, 4.69) is 25.9 Å². The molecule has 14 nitrogen and oxygen atoms in total. The lowest BCUT2D eigenvalue weighted by Gasteiger charge is -2.21. The Morgan fingerprint density at radius 1 is 1.06 bits per heavy atom. The first-order valence-electron chi connectivity index (χ1n) is 9.89. The van der Waals surface area contributed by atoms with Crippen molar-refractivity contribution in [1.29, 1.82) is 0 Å². The van der Waals surface area contributed by atoms with Crippen molar-refractivity contribution in [3.8, 4) is 0 Å². The monoisotopic (exact) mass is 455 g/mol. The van der Waals surface area contributed by atoms with Crippen molar-refractivity contribution in [2.45, 2.75) is 50.2 Å². The van der Waals surface area contributed by atoms with E-state index in [9.17, 15) is 24.0 Å². The normalized spacial score (nSPS) is 13.4. The molecule has 3 unspecified atom stereocenters. The molecule has 1 aromatic rings. The third kappa shape index (κ3) is 9.99. The predicted molar refractivity (Wildman–Crippen MR) is 110 cm³/mol. The second kappa shape index (κ2) is 13.7. The van der Waals surface area contributed by atoms with Crippen LogP contribution in [0.2, 0.25) is 0 Å². The zero-order valence-corrected chi connectivity index (χ0v) is 17.4. The highest BCUT2D eigenvalue weighted by Crippen LogP contribution is 2.03. The van der Waals surface area contributed by atoms with Crippen molar-refractivity contribution >= 4 is 29.7 Å². The van der Waals surface area contributed by atoms with E-state index in [-0.39, 0.29) is 12.8 Å². The minimum atomic E-state index is -1.66. The molecule has 1 heterocycles. The summed E-state index contributed by atoms with van der Waals surface area (Å²) in [6.45, 7) is -0.114. The second-order valence-electron chi connectivity index (χ2n) is 7.01. The van der Waals surface area contributed by atoms with Gasteiger partial charge in [-0.05, 0) is 25.8 Å². The Kier molecular flexibility index (Phi) is 11.4. The van der Waals surface area contributed by atoms with Gasteiger partial charge in [-0.25, -0.2) is 9.78 Å². The van der Waals surface area contributed by atoms with Gasteiger partial charge >= 0.3 is 11.9 Å². The molecule has 1 aromatic heterocycles. The SMILES string of the molecule is NCCCCC(NC(=O)CNC(=O)C(N)Cc1cnc[nH]1)C(=O)NC(CC(=O)O)C(=O)O. The van der Waals surface area contributed by atoms with E-state index in [0.29, 0.717) is 25.1 Å². The molecule has 14 heteroatoms. The number of rotatable bonds is 15. The van der Waals surface area contributed by atoms with Gasteiger partial charge in [-0.1, -0.05) is 0 Å². The molecule has 0 spiro atoms. The smallest absolute Gasteiger partial charge is 0.326 e. The number of hydrogen-bond donors (Lipinski definition) is 8. The largest absolute Gasteiger partial charge is 0.481 e. The molecule has 178 valence electrons. The number of hydrogen-bond acceptors (Lipinski definition) is 8. The summed E-state index contributed by atoms with van der Waals surface area (Å²) < 4.78 is 0. The molecule has 0 aromatic carbocycles. The van der Waals surface area contributed by atoms with Gasteiger partial charge in [0.05, 0.1) is 25.3 Å². The predicted octanol–water partition coefficient (Wildman–Crippen LogP) is -2.95. The highest BCUT2D eigenvalue weighted by atomic mass is 16.4. The summed E-state index contributed by atoms with van der Waals surface area (Å²) in [6, 6.07) is -3.73. The number of H-pyrrole nitrogens is 1. The third-order valence-corrected chi connectivity index (χ3v) is 4.35. The summed E-state index contributed by atoms with van der Waals surface area (Å²) in [5.74, 6) is -5.08. The van der Waals surface area contributed by atoms with Crippen molar-refractivity contribution < 1.29 is 34.2 Å². The van der Waals surface area contributed by atoms with E-state index in [1.807, 2.05) is 0 Å². The van der Waals surface area contributed by atoms with Crippen LogP contribution in [-0.2, 0) is 30.4 Å². The molecule has 10 N–H and O–H groups in total. The molecule has 3 atom stereocenters. The number of carbonyl (C=O) groups excluding carboxylic acids is 3. The van der Waals surface area contributed by atoms with Crippen molar-refractivity contribution in [2.24, 2.45) is 11.5 Å². The summed E-state index contributed by atoms with van der Waals surface area (Å²) in [4.78, 5) is 65.4. The molecular weight excluding hydrogens is 426 g/mol. The number of aromatic nitrogens is 2. The quantitative estimate of drug-likeness (QED) is 0.125. The van der Waals surface area contributed by atoms with Crippen LogP contribution >= 0.6 is 0 Å². The standard InChI is InChI=1S/C18H29N7O7/c19-4-2-1-3-12(17(30)25-13(18(31)32)6-15(27)28)24-14(26)8-22-16(29)11(20)5-10-7-21-9-23-10/h7,9,11-13H,1-6,8,19-20H2,(H,21,23)(H,22,29)(H,24,26)(H,25,30)(H,27,28)(H,31,32). The number of aromatic amines is 1. The van der Waals surface area contributed by atoms with Crippen LogP contribution < -0.4 is 27.4 Å². The van der Waals surface area contributed by atoms with Crippen LogP contribution in [0.1, 0.15) is 31.4 Å². The maximum Gasteiger partial charge on any atom is 0.326 e. The number of carbonyl (C=O) groups is 5. The van der Waals surface area contributed by atoms with Gasteiger partial charge in [-0.3, -0.25) is 19.2 Å². The molecule has 3 amide bonds. The molecule has 0 fully saturated rings. The number of unbranched alkanes of at least 4 members (excludes halogenated alkanes) is 1. The van der Waals surface area contributed by atoms with Gasteiger partial charge in [0.25, 0.3) is 0 Å². The maximum absolute atomic E-state index is 12.5. The highest BCUT2D eigenvalue weighted by molar-refractivity contribution is 5.93. The first-order valence-corrected chi connectivity index (χ1v) is 9.89. The maximum atomic E-state index is 12.5. The van der Waals surface area contributed by atoms with Gasteiger partial charge in [0.1, 0.15) is 12.1 Å². The number of nitrogens with one attached hydrogen (secondary N) is 4. The summed E-state index contributed by atoms with van der Waals surface area (Å²) in [7, 11) is 0. The number of aliphatic carboxylic acids is 2. The lowest BCUT2D eigenvalue weighted by molar-refractivity contribution is -0.147. The van der Waals surface area contributed by atoms with Crippen LogP contribution in [0.4, 0.5) is 0 Å². The molecule has 1 rings (SSSR count). The fourth-order valence-electron chi connectivity index (χ4n) is 2.68. The molecule has 0 aliphatic heterocycles. The van der Waals surface area contributed by atoms with E-state index < -0.39 is 60.8 Å². The van der Waals surface area contributed by atoms with E-state index in [1.165, 1.54) is 12.5 Å². The first-order chi connectivity index (χ1) is 15.1. The lowest BCUT2D eigenvalue weighted by Crippen LogP contribution is -2.54. The minimum Gasteiger partial charge on any atom is -0.481 e. The molecule has 0 bridgehead atoms. The second-order valence-corrected chi connectivity index (χ2v) is 7.01. The average molecular weight is 455 g/mol. The van der Waals surface area contributed by atoms with E-state index >= 15 is 0 Å². The number of carboxylic acid groups (broad SMARTS) is 2. The summed E-state index contributed by atoms with van der Waals surface area (Å²) in [5.41, 5.74) is 11.8. The van der Waals surface area contributed by atoms with Crippen LogP contribution in [0.25, 0.3) is 0 Å². The molecule has 0 aliphatic carbocycles. The van der Waals surface area contributed by atoms with Gasteiger partial charge in [0.15, 0.2) is 0 Å². The fraction of sp³-hybridized carbons (Fsp3) is 0.556. The topological polar surface area (TPSA) is 243 Å². The first kappa shape index (κ1) is 26.5. The molecule has 0 radical (unpaired) electrons. The Labute approximate surface area is 183 Å². The van der Waals surface area contributed by atoms with Gasteiger partial charge in [-0.15, -0.1) is 0 Å². The average Bonchev–Trinajstić information content (AvgIpc) is 3.23. The molecular formula is C18H29N7O7. The van der Waals surface area contributed by atoms with Crippen molar-refractivity contribution in [2.75, 3.05) is 13.1 Å². The zero-order valence-electron chi connectivity index (χ0n) is 17.4. The van der Waals surface area contributed by atoms with Crippen molar-refractivity contribution in [1.82, 2.24) is 25.9 Å². The summed E-state index contributed by atoms with van der Waals surface area (Å²) >= 11 is 0. The van der Waals surface area contributed by atoms with E-state index in [0.717, 1.165) is 0 Å². The Morgan fingerprint density at radius 3 is 2.34 bits per heavy atom. The molecule has 0 aliphatic rings. The molecule has 32 heavy (non-hydrogen) atoms. The molecule has 0 saturated carbocycles. The van der Waals surface area contributed by atoms with Crippen molar-refractivity contribution in [3.63, 3.8) is 0 Å². The van der Waals surface area contributed by atoms with Crippen LogP contribution in [-0.4, -0.2) is 81.1 Å². The zero-order chi connectivity index (χ0) is 24.1. The van der Waals surface area contributed by atoms with Crippen LogP contribution in [0.15, 0.2) is 12.5 Å². The number of amides is 3. The number of nitrogens with zero attached hydrogens (tertiary/aromatic N) is 1. The van der Waals surface area contributed by atoms with Crippen LogP contribution in [0.5, 0.6) is 0 Å². The van der Waals surface area contributed by atoms with Gasteiger partial charge in [-0.2, -0.15) is 0 Å². The fourth-order valence-corrected chi connectivity index (χ4v) is 2.68. The lowest BCUT2D eigenvalue weighted by atomic mass is 10.1. The Morgan fingerprint density at radius 2 is 1.78 bits per heavy atom. The van der Waals surface area contributed by atoms with Gasteiger partial charge in [0.2, 0.25) is 17.7 Å². The van der Waals surface area contributed by atoms with Crippen LogP contribution in [0.3, 0.4) is 0 Å². The van der Waals surface area contributed by atoms with Crippen molar-refractivity contribution in [3.05, 3.63) is 18.2 Å². The van der Waals surface area contributed by atoms with Gasteiger partial charge in [0, 0.05) is 18.3 Å². The number of nitrogens with two attached hydrogens (primary N) is 2. The summed E-state index contributed by atoms with van der Waals surface area (Å²) in [5, 5.41) is 24.8. The Bertz CT molecular complexity index is 785. The number of carboxylic acids is 2. The highest BCUT2D eigenvalue weighted by Gasteiger charge is 2.28. The van der Waals surface area contributed by atoms with E-state index in [1.54, 1.807) is 0 Å². The Hall–Kier alpha value is -3.52. The van der Waals surface area contributed by atoms with E-state index in [4.69, 9.17) is 21.7 Å². The third-order valence-electron chi connectivity index (χ3n) is 4.35. The number of imidazole rings is 1. The Balaban J connectivity index is 2.64. The van der Waals surface area contributed by atoms with Crippen LogP contribution in [0, 0.1) is 0 Å². The van der Waals surface area contributed by atoms with Gasteiger partial charge < -0.3 is 42.6 Å².